The Bertz CT molecular complexity index is 1370. The van der Waals surface area contributed by atoms with Crippen LogP contribution in [0.25, 0.3) is 33.5 Å². The molecule has 0 saturated carbocycles. The second kappa shape index (κ2) is 9.69. The van der Waals surface area contributed by atoms with Crippen molar-refractivity contribution < 1.29 is 27.4 Å². The highest BCUT2D eigenvalue weighted by Gasteiger charge is 2.38. The fourth-order valence-corrected chi connectivity index (χ4v) is 4.30. The van der Waals surface area contributed by atoms with Gasteiger partial charge >= 0.3 is 12.1 Å². The molecule has 0 aliphatic heterocycles. The maximum absolute atomic E-state index is 13.9. The molecule has 10 heteroatoms. The Morgan fingerprint density at radius 2 is 1.83 bits per heavy atom. The van der Waals surface area contributed by atoms with Gasteiger partial charge in [0, 0.05) is 32.4 Å². The number of para-hydroxylation sites is 1. The van der Waals surface area contributed by atoms with Crippen molar-refractivity contribution in [2.24, 2.45) is 5.92 Å². The Morgan fingerprint density at radius 1 is 1.06 bits per heavy atom. The molecule has 0 amide bonds. The van der Waals surface area contributed by atoms with Crippen LogP contribution in [0.2, 0.25) is 0 Å². The summed E-state index contributed by atoms with van der Waals surface area (Å²) in [6.45, 7) is 4.91. The molecule has 0 aliphatic carbocycles. The van der Waals surface area contributed by atoms with Gasteiger partial charge in [0.05, 0.1) is 34.7 Å². The Labute approximate surface area is 200 Å². The first-order chi connectivity index (χ1) is 16.7. The van der Waals surface area contributed by atoms with Gasteiger partial charge in [-0.2, -0.15) is 13.2 Å². The average Bonchev–Trinajstić information content (AvgIpc) is 3.36. The van der Waals surface area contributed by atoms with Gasteiger partial charge in [0.25, 0.3) is 0 Å². The number of ether oxygens (including phenoxy) is 2. The molecule has 4 aromatic rings. The SMILES string of the molecule is COCCCn1c(-c2cccc3nc(C(F)(F)F)n(CC(C)C)c23)nc2cc(C(=O)OC)ccc21. The molecular weight excluding hydrogens is 461 g/mol. The number of rotatable bonds is 8. The summed E-state index contributed by atoms with van der Waals surface area (Å²) in [5.41, 5.74) is 2.82. The Kier molecular flexibility index (Phi) is 6.84. The van der Waals surface area contributed by atoms with Crippen molar-refractivity contribution in [1.82, 2.24) is 19.1 Å². The van der Waals surface area contributed by atoms with Gasteiger partial charge in [-0.05, 0) is 42.7 Å². The average molecular weight is 489 g/mol. The minimum absolute atomic E-state index is 0.0373. The molecule has 0 unspecified atom stereocenters. The van der Waals surface area contributed by atoms with Gasteiger partial charge in [-0.25, -0.2) is 14.8 Å². The monoisotopic (exact) mass is 488 g/mol. The summed E-state index contributed by atoms with van der Waals surface area (Å²) in [5, 5.41) is 0. The molecule has 0 aliphatic rings. The molecule has 7 nitrogen and oxygen atoms in total. The zero-order valence-electron chi connectivity index (χ0n) is 20.0. The van der Waals surface area contributed by atoms with E-state index in [9.17, 15) is 18.0 Å². The number of hydrogen-bond donors (Lipinski definition) is 0. The van der Waals surface area contributed by atoms with Gasteiger partial charge in [-0.1, -0.05) is 19.9 Å². The topological polar surface area (TPSA) is 71.2 Å². The van der Waals surface area contributed by atoms with Crippen LogP contribution >= 0.6 is 0 Å². The van der Waals surface area contributed by atoms with Crippen LogP contribution in [-0.2, 0) is 28.7 Å². The van der Waals surface area contributed by atoms with Gasteiger partial charge in [0.2, 0.25) is 5.82 Å². The highest BCUT2D eigenvalue weighted by atomic mass is 19.4. The van der Waals surface area contributed by atoms with E-state index in [0.29, 0.717) is 47.6 Å². The van der Waals surface area contributed by atoms with E-state index < -0.39 is 18.0 Å². The third kappa shape index (κ3) is 4.75. The lowest BCUT2D eigenvalue weighted by molar-refractivity contribution is -0.147. The zero-order valence-corrected chi connectivity index (χ0v) is 20.0. The second-order valence-electron chi connectivity index (χ2n) is 8.74. The van der Waals surface area contributed by atoms with Gasteiger partial charge in [-0.3, -0.25) is 0 Å². The number of carbonyl (C=O) groups is 1. The number of halogens is 3. The molecule has 0 atom stereocenters. The number of carbonyl (C=O) groups excluding carboxylic acids is 1. The molecule has 0 saturated heterocycles. The van der Waals surface area contributed by atoms with Crippen LogP contribution in [0.3, 0.4) is 0 Å². The minimum Gasteiger partial charge on any atom is -0.465 e. The standard InChI is InChI=1S/C25H27F3N4O3/c1-15(2)14-32-21-17(7-5-8-18(21)30-24(32)25(26,27)28)22-29-19-13-16(23(33)35-4)9-10-20(19)31(22)11-6-12-34-3/h5,7-10,13,15H,6,11-12,14H2,1-4H3. The third-order valence-corrected chi connectivity index (χ3v) is 5.71. The van der Waals surface area contributed by atoms with Crippen LogP contribution in [0, 0.1) is 5.92 Å². The van der Waals surface area contributed by atoms with Gasteiger partial charge < -0.3 is 18.6 Å². The van der Waals surface area contributed by atoms with Gasteiger partial charge in [-0.15, -0.1) is 0 Å². The first-order valence-electron chi connectivity index (χ1n) is 11.3. The van der Waals surface area contributed by atoms with Crippen molar-refractivity contribution in [3.8, 4) is 11.4 Å². The number of imidazole rings is 2. The molecule has 35 heavy (non-hydrogen) atoms. The summed E-state index contributed by atoms with van der Waals surface area (Å²) in [6.07, 6.45) is -3.93. The number of alkyl halides is 3. The van der Waals surface area contributed by atoms with Crippen molar-refractivity contribution in [2.75, 3.05) is 20.8 Å². The van der Waals surface area contributed by atoms with E-state index >= 15 is 0 Å². The quantitative estimate of drug-likeness (QED) is 0.240. The van der Waals surface area contributed by atoms with Crippen LogP contribution in [0.4, 0.5) is 13.2 Å². The van der Waals surface area contributed by atoms with Crippen molar-refractivity contribution in [1.29, 1.82) is 0 Å². The molecule has 2 heterocycles. The molecule has 0 radical (unpaired) electrons. The predicted molar refractivity (Wildman–Crippen MR) is 126 cm³/mol. The second-order valence-corrected chi connectivity index (χ2v) is 8.74. The number of benzene rings is 2. The number of fused-ring (bicyclic) bond motifs is 2. The van der Waals surface area contributed by atoms with E-state index in [4.69, 9.17) is 14.5 Å². The van der Waals surface area contributed by atoms with Gasteiger partial charge in [0.15, 0.2) is 0 Å². The van der Waals surface area contributed by atoms with E-state index in [1.54, 1.807) is 43.5 Å². The maximum Gasteiger partial charge on any atom is 0.449 e. The molecule has 0 N–H and O–H groups in total. The van der Waals surface area contributed by atoms with Crippen molar-refractivity contribution in [2.45, 2.75) is 39.5 Å². The molecule has 2 aromatic carbocycles. The number of esters is 1. The van der Waals surface area contributed by atoms with Crippen LogP contribution in [0.1, 0.15) is 36.5 Å². The summed E-state index contributed by atoms with van der Waals surface area (Å²) in [5.74, 6) is -0.954. The summed E-state index contributed by atoms with van der Waals surface area (Å²) in [4.78, 5) is 20.8. The maximum atomic E-state index is 13.9. The van der Waals surface area contributed by atoms with E-state index in [-0.39, 0.29) is 18.0 Å². The fraction of sp³-hybridized carbons (Fsp3) is 0.400. The van der Waals surface area contributed by atoms with Crippen LogP contribution in [0.5, 0.6) is 0 Å². The summed E-state index contributed by atoms with van der Waals surface area (Å²) >= 11 is 0. The lowest BCUT2D eigenvalue weighted by atomic mass is 10.1. The smallest absolute Gasteiger partial charge is 0.449 e. The highest BCUT2D eigenvalue weighted by Crippen LogP contribution is 2.37. The molecule has 0 bridgehead atoms. The first kappa shape index (κ1) is 24.7. The predicted octanol–water partition coefficient (Wildman–Crippen LogP) is 5.55. The number of hydrogen-bond acceptors (Lipinski definition) is 5. The van der Waals surface area contributed by atoms with Crippen molar-refractivity contribution in [3.05, 3.63) is 47.8 Å². The Morgan fingerprint density at radius 3 is 2.49 bits per heavy atom. The molecule has 186 valence electrons. The molecule has 0 fully saturated rings. The van der Waals surface area contributed by atoms with E-state index in [0.717, 1.165) is 5.52 Å². The van der Waals surface area contributed by atoms with Crippen LogP contribution in [-0.4, -0.2) is 45.9 Å². The third-order valence-electron chi connectivity index (χ3n) is 5.71. The number of aromatic nitrogens is 4. The number of methoxy groups -OCH3 is 2. The number of aryl methyl sites for hydroxylation is 1. The Hall–Kier alpha value is -3.40. The minimum atomic E-state index is -4.60. The summed E-state index contributed by atoms with van der Waals surface area (Å²) < 4.78 is 55.0. The van der Waals surface area contributed by atoms with Crippen LogP contribution < -0.4 is 0 Å². The van der Waals surface area contributed by atoms with Crippen molar-refractivity contribution in [3.63, 3.8) is 0 Å². The number of nitrogens with zero attached hydrogens (tertiary/aromatic N) is 4. The normalized spacial score (nSPS) is 12.2. The Balaban J connectivity index is 2.00. The summed E-state index contributed by atoms with van der Waals surface area (Å²) in [6, 6.07) is 10.1. The summed E-state index contributed by atoms with van der Waals surface area (Å²) in [7, 11) is 2.91. The zero-order chi connectivity index (χ0) is 25.3. The first-order valence-corrected chi connectivity index (χ1v) is 11.3. The van der Waals surface area contributed by atoms with E-state index in [1.807, 2.05) is 18.4 Å². The molecule has 0 spiro atoms. The van der Waals surface area contributed by atoms with Crippen LogP contribution in [0.15, 0.2) is 36.4 Å². The van der Waals surface area contributed by atoms with Crippen molar-refractivity contribution >= 4 is 28.0 Å². The molecule has 2 aromatic heterocycles. The lowest BCUT2D eigenvalue weighted by Gasteiger charge is -2.16. The highest BCUT2D eigenvalue weighted by molar-refractivity contribution is 5.96. The largest absolute Gasteiger partial charge is 0.465 e. The molecular formula is C25H27F3N4O3. The fourth-order valence-electron chi connectivity index (χ4n) is 4.30. The van der Waals surface area contributed by atoms with Gasteiger partial charge in [0.1, 0.15) is 5.82 Å². The molecule has 4 rings (SSSR count). The van der Waals surface area contributed by atoms with E-state index in [1.165, 1.54) is 11.7 Å². The van der Waals surface area contributed by atoms with E-state index in [2.05, 4.69) is 4.98 Å². The lowest BCUT2D eigenvalue weighted by Crippen LogP contribution is -2.17.